The first-order chi connectivity index (χ1) is 8.63. The van der Waals surface area contributed by atoms with Gasteiger partial charge in [0.05, 0.1) is 5.02 Å². The van der Waals surface area contributed by atoms with Crippen LogP contribution in [0.25, 0.3) is 11.1 Å². The molecule has 2 aromatic rings. The van der Waals surface area contributed by atoms with Gasteiger partial charge in [0, 0.05) is 22.1 Å². The van der Waals surface area contributed by atoms with E-state index in [1.807, 2.05) is 36.4 Å². The van der Waals surface area contributed by atoms with Crippen molar-refractivity contribution in [3.63, 3.8) is 0 Å². The predicted octanol–water partition coefficient (Wildman–Crippen LogP) is 4.06. The van der Waals surface area contributed by atoms with Crippen molar-refractivity contribution in [3.8, 4) is 11.1 Å². The molecule has 0 spiro atoms. The summed E-state index contributed by atoms with van der Waals surface area (Å²) in [5.74, 6) is 0. The van der Waals surface area contributed by atoms with E-state index in [2.05, 4.69) is 21.2 Å². The molecule has 2 N–H and O–H groups in total. The van der Waals surface area contributed by atoms with Crippen molar-refractivity contribution in [1.82, 2.24) is 0 Å². The molecule has 0 fully saturated rings. The molecule has 1 aliphatic heterocycles. The molecule has 18 heavy (non-hydrogen) atoms. The Balaban J connectivity index is 2.08. The summed E-state index contributed by atoms with van der Waals surface area (Å²) in [5.41, 5.74) is 4.10. The van der Waals surface area contributed by atoms with Gasteiger partial charge in [0.2, 0.25) is 0 Å². The first-order valence-electron chi connectivity index (χ1n) is 5.66. The molecule has 0 bridgehead atoms. The van der Waals surface area contributed by atoms with E-state index in [0.717, 1.165) is 26.9 Å². The van der Waals surface area contributed by atoms with Crippen LogP contribution in [0.15, 0.2) is 40.9 Å². The predicted molar refractivity (Wildman–Crippen MR) is 77.9 cm³/mol. The molecule has 2 aromatic carbocycles. The first kappa shape index (κ1) is 12.0. The van der Waals surface area contributed by atoms with Crippen LogP contribution in [0.3, 0.4) is 0 Å². The number of aliphatic hydroxyl groups excluding tert-OH is 1. The number of anilines is 1. The molecule has 0 saturated carbocycles. The molecule has 1 atom stereocenters. The van der Waals surface area contributed by atoms with Gasteiger partial charge in [-0.2, -0.15) is 0 Å². The summed E-state index contributed by atoms with van der Waals surface area (Å²) in [6.07, 6.45) is 0.118. The quantitative estimate of drug-likeness (QED) is 0.829. The van der Waals surface area contributed by atoms with Gasteiger partial charge in [-0.25, -0.2) is 0 Å². The Kier molecular flexibility index (Phi) is 3.06. The summed E-state index contributed by atoms with van der Waals surface area (Å²) in [6, 6.07) is 12.0. The topological polar surface area (TPSA) is 32.3 Å². The molecule has 0 amide bonds. The highest BCUT2D eigenvalue weighted by molar-refractivity contribution is 9.10. The summed E-state index contributed by atoms with van der Waals surface area (Å²) in [4.78, 5) is 0. The van der Waals surface area contributed by atoms with Gasteiger partial charge < -0.3 is 10.4 Å². The zero-order valence-electron chi connectivity index (χ0n) is 9.45. The molecular formula is C14H11BrClNO. The lowest BCUT2D eigenvalue weighted by atomic mass is 10.0. The minimum Gasteiger partial charge on any atom is -0.373 e. The largest absolute Gasteiger partial charge is 0.373 e. The first-order valence-corrected chi connectivity index (χ1v) is 6.83. The molecule has 92 valence electrons. The van der Waals surface area contributed by atoms with Gasteiger partial charge in [0.25, 0.3) is 0 Å². The molecular weight excluding hydrogens is 314 g/mol. The van der Waals surface area contributed by atoms with Crippen LogP contribution in [-0.2, 0) is 6.42 Å². The Morgan fingerprint density at radius 1 is 1.22 bits per heavy atom. The maximum absolute atomic E-state index is 9.58. The third-order valence-electron chi connectivity index (χ3n) is 3.08. The van der Waals surface area contributed by atoms with Gasteiger partial charge in [-0.15, -0.1) is 0 Å². The van der Waals surface area contributed by atoms with Crippen LogP contribution in [0.1, 0.15) is 5.56 Å². The summed E-state index contributed by atoms with van der Waals surface area (Å²) < 4.78 is 1.04. The van der Waals surface area contributed by atoms with Crippen LogP contribution in [-0.4, -0.2) is 11.3 Å². The molecule has 4 heteroatoms. The van der Waals surface area contributed by atoms with Crippen molar-refractivity contribution in [2.45, 2.75) is 12.6 Å². The monoisotopic (exact) mass is 323 g/mol. The van der Waals surface area contributed by atoms with Crippen molar-refractivity contribution in [2.75, 3.05) is 5.32 Å². The molecule has 0 aliphatic carbocycles. The van der Waals surface area contributed by atoms with E-state index in [9.17, 15) is 5.11 Å². The summed E-state index contributed by atoms with van der Waals surface area (Å²) in [5, 5.41) is 13.3. The second-order valence-electron chi connectivity index (χ2n) is 4.36. The van der Waals surface area contributed by atoms with E-state index in [1.54, 1.807) is 0 Å². The maximum Gasteiger partial charge on any atom is 0.128 e. The van der Waals surface area contributed by atoms with E-state index < -0.39 is 6.23 Å². The molecule has 2 nitrogen and oxygen atoms in total. The number of hydrogen-bond acceptors (Lipinski definition) is 2. The number of fused-ring (bicyclic) bond motifs is 1. The summed E-state index contributed by atoms with van der Waals surface area (Å²) >= 11 is 9.71. The average Bonchev–Trinajstić information content (AvgIpc) is 2.68. The van der Waals surface area contributed by atoms with Crippen molar-refractivity contribution < 1.29 is 5.11 Å². The van der Waals surface area contributed by atoms with E-state index >= 15 is 0 Å². The smallest absolute Gasteiger partial charge is 0.128 e. The molecule has 0 aromatic heterocycles. The fraction of sp³-hybridized carbons (Fsp3) is 0.143. The summed E-state index contributed by atoms with van der Waals surface area (Å²) in [7, 11) is 0. The molecule has 0 saturated heterocycles. The van der Waals surface area contributed by atoms with Crippen molar-refractivity contribution in [1.29, 1.82) is 0 Å². The minimum absolute atomic E-state index is 0.503. The Labute approximate surface area is 119 Å². The Hall–Kier alpha value is -1.03. The van der Waals surface area contributed by atoms with Gasteiger partial charge in [-0.3, -0.25) is 0 Å². The lowest BCUT2D eigenvalue weighted by Gasteiger charge is -2.08. The molecule has 1 unspecified atom stereocenters. The van der Waals surface area contributed by atoms with Crippen LogP contribution in [0.5, 0.6) is 0 Å². The second-order valence-corrected chi connectivity index (χ2v) is 5.68. The molecule has 1 aliphatic rings. The minimum atomic E-state index is -0.503. The van der Waals surface area contributed by atoms with Crippen LogP contribution in [0.2, 0.25) is 5.02 Å². The normalized spacial score (nSPS) is 17.4. The van der Waals surface area contributed by atoms with Crippen molar-refractivity contribution >= 4 is 33.2 Å². The van der Waals surface area contributed by atoms with Gasteiger partial charge in [-0.1, -0.05) is 39.7 Å². The Morgan fingerprint density at radius 2 is 1.94 bits per heavy atom. The van der Waals surface area contributed by atoms with Crippen LogP contribution in [0, 0.1) is 0 Å². The third kappa shape index (κ3) is 2.14. The number of aliphatic hydroxyl groups is 1. The van der Waals surface area contributed by atoms with Crippen molar-refractivity contribution in [3.05, 3.63) is 51.5 Å². The maximum atomic E-state index is 9.58. The number of hydrogen-bond donors (Lipinski definition) is 2. The Morgan fingerprint density at radius 3 is 2.67 bits per heavy atom. The van der Waals surface area contributed by atoms with Crippen LogP contribution in [0.4, 0.5) is 5.69 Å². The van der Waals surface area contributed by atoms with Gasteiger partial charge in [0.15, 0.2) is 0 Å². The lowest BCUT2D eigenvalue weighted by molar-refractivity contribution is 0.212. The lowest BCUT2D eigenvalue weighted by Crippen LogP contribution is -2.12. The van der Waals surface area contributed by atoms with Crippen LogP contribution >= 0.6 is 27.5 Å². The number of halogens is 2. The zero-order valence-corrected chi connectivity index (χ0v) is 11.8. The SMILES string of the molecule is OC1Cc2cc(-c3ccc(Br)cc3)c(Cl)cc2N1. The third-order valence-corrected chi connectivity index (χ3v) is 3.92. The van der Waals surface area contributed by atoms with E-state index in [0.29, 0.717) is 11.4 Å². The number of nitrogens with one attached hydrogen (secondary N) is 1. The highest BCUT2D eigenvalue weighted by atomic mass is 79.9. The number of rotatable bonds is 1. The van der Waals surface area contributed by atoms with Crippen LogP contribution < -0.4 is 5.32 Å². The molecule has 3 rings (SSSR count). The van der Waals surface area contributed by atoms with Crippen molar-refractivity contribution in [2.24, 2.45) is 0 Å². The molecule has 1 heterocycles. The van der Waals surface area contributed by atoms with Gasteiger partial charge >= 0.3 is 0 Å². The average molecular weight is 325 g/mol. The molecule has 0 radical (unpaired) electrons. The zero-order chi connectivity index (χ0) is 12.7. The Bertz CT molecular complexity index is 597. The fourth-order valence-corrected chi connectivity index (χ4v) is 2.75. The highest BCUT2D eigenvalue weighted by Crippen LogP contribution is 2.36. The second kappa shape index (κ2) is 4.57. The summed E-state index contributed by atoms with van der Waals surface area (Å²) in [6.45, 7) is 0. The van der Waals surface area contributed by atoms with E-state index in [4.69, 9.17) is 11.6 Å². The van der Waals surface area contributed by atoms with E-state index in [1.165, 1.54) is 0 Å². The van der Waals surface area contributed by atoms with Gasteiger partial charge in [0.1, 0.15) is 6.23 Å². The highest BCUT2D eigenvalue weighted by Gasteiger charge is 2.20. The van der Waals surface area contributed by atoms with Gasteiger partial charge in [-0.05, 0) is 35.4 Å². The fourth-order valence-electron chi connectivity index (χ4n) is 2.21. The standard InChI is InChI=1S/C14H11BrClNO/c15-10-3-1-8(2-4-10)11-5-9-6-14(18)17-13(9)7-12(11)16/h1-5,7,14,17-18H,6H2. The number of benzene rings is 2. The van der Waals surface area contributed by atoms with E-state index in [-0.39, 0.29) is 0 Å².